The summed E-state index contributed by atoms with van der Waals surface area (Å²) >= 11 is 6.13. The highest BCUT2D eigenvalue weighted by Gasteiger charge is 2.03. The van der Waals surface area contributed by atoms with Gasteiger partial charge in [0.05, 0.1) is 11.1 Å². The van der Waals surface area contributed by atoms with Gasteiger partial charge in [0.25, 0.3) is 0 Å². The van der Waals surface area contributed by atoms with Gasteiger partial charge in [0, 0.05) is 0 Å². The van der Waals surface area contributed by atoms with Gasteiger partial charge in [0.1, 0.15) is 5.75 Å². The standard InChI is InChI=1S/C14H20ClNO/c1-11(2)17-14-8-7-12(10-13(14)15)6-4-3-5-9-16/h4,6-8,10-11H,3,5,9,16H2,1-2H3/b6-4+. The normalized spacial score (nSPS) is 11.4. The Hall–Kier alpha value is -0.990. The van der Waals surface area contributed by atoms with E-state index in [1.807, 2.05) is 32.0 Å². The van der Waals surface area contributed by atoms with Gasteiger partial charge in [0.15, 0.2) is 0 Å². The van der Waals surface area contributed by atoms with Gasteiger partial charge in [-0.1, -0.05) is 29.8 Å². The van der Waals surface area contributed by atoms with Crippen molar-refractivity contribution in [3.8, 4) is 5.75 Å². The number of unbranched alkanes of at least 4 members (excludes halogenated alkanes) is 1. The summed E-state index contributed by atoms with van der Waals surface area (Å²) in [5.41, 5.74) is 6.51. The van der Waals surface area contributed by atoms with Gasteiger partial charge in [-0.3, -0.25) is 0 Å². The van der Waals surface area contributed by atoms with E-state index in [4.69, 9.17) is 22.1 Å². The van der Waals surface area contributed by atoms with E-state index in [0.717, 1.165) is 30.7 Å². The molecule has 0 atom stereocenters. The zero-order chi connectivity index (χ0) is 12.7. The van der Waals surface area contributed by atoms with Crippen LogP contribution in [-0.2, 0) is 0 Å². The van der Waals surface area contributed by atoms with Crippen molar-refractivity contribution in [1.29, 1.82) is 0 Å². The van der Waals surface area contributed by atoms with Gasteiger partial charge in [0.2, 0.25) is 0 Å². The van der Waals surface area contributed by atoms with Crippen LogP contribution < -0.4 is 10.5 Å². The summed E-state index contributed by atoms with van der Waals surface area (Å²) in [5, 5.41) is 0.652. The van der Waals surface area contributed by atoms with Crippen LogP contribution in [-0.4, -0.2) is 12.6 Å². The first kappa shape index (κ1) is 14.1. The van der Waals surface area contributed by atoms with Gasteiger partial charge >= 0.3 is 0 Å². The van der Waals surface area contributed by atoms with Crippen LogP contribution in [0.4, 0.5) is 0 Å². The minimum absolute atomic E-state index is 0.137. The quantitative estimate of drug-likeness (QED) is 0.781. The Bertz CT molecular complexity index is 374. The van der Waals surface area contributed by atoms with Crippen molar-refractivity contribution in [3.05, 3.63) is 34.9 Å². The molecular weight excluding hydrogens is 234 g/mol. The van der Waals surface area contributed by atoms with Crippen molar-refractivity contribution in [1.82, 2.24) is 0 Å². The molecule has 0 aliphatic carbocycles. The lowest BCUT2D eigenvalue weighted by atomic mass is 10.2. The summed E-state index contributed by atoms with van der Waals surface area (Å²) in [5.74, 6) is 0.737. The fourth-order valence-electron chi connectivity index (χ4n) is 1.43. The zero-order valence-corrected chi connectivity index (χ0v) is 11.2. The molecule has 0 aliphatic rings. The minimum Gasteiger partial charge on any atom is -0.489 e. The van der Waals surface area contributed by atoms with E-state index in [-0.39, 0.29) is 6.10 Å². The average molecular weight is 254 g/mol. The molecule has 17 heavy (non-hydrogen) atoms. The first-order chi connectivity index (χ1) is 8.13. The fraction of sp³-hybridized carbons (Fsp3) is 0.429. The SMILES string of the molecule is CC(C)Oc1ccc(/C=C/CCCN)cc1Cl. The smallest absolute Gasteiger partial charge is 0.138 e. The monoisotopic (exact) mass is 253 g/mol. The lowest BCUT2D eigenvalue weighted by molar-refractivity contribution is 0.242. The summed E-state index contributed by atoms with van der Waals surface area (Å²) in [6.07, 6.45) is 6.32. The lowest BCUT2D eigenvalue weighted by Crippen LogP contribution is -2.05. The number of nitrogens with two attached hydrogens (primary N) is 1. The number of rotatable bonds is 6. The molecule has 0 saturated carbocycles. The van der Waals surface area contributed by atoms with Crippen molar-refractivity contribution in [3.63, 3.8) is 0 Å². The van der Waals surface area contributed by atoms with Crippen molar-refractivity contribution >= 4 is 17.7 Å². The third-order valence-electron chi connectivity index (χ3n) is 2.20. The van der Waals surface area contributed by atoms with Gasteiger partial charge in [-0.05, 0) is 50.9 Å². The summed E-state index contributed by atoms with van der Waals surface area (Å²) < 4.78 is 5.57. The van der Waals surface area contributed by atoms with E-state index < -0.39 is 0 Å². The molecule has 2 N–H and O–H groups in total. The summed E-state index contributed by atoms with van der Waals surface area (Å²) in [7, 11) is 0. The molecule has 0 heterocycles. The van der Waals surface area contributed by atoms with Crippen LogP contribution in [0.5, 0.6) is 5.75 Å². The number of allylic oxidation sites excluding steroid dienone is 1. The van der Waals surface area contributed by atoms with Crippen LogP contribution >= 0.6 is 11.6 Å². The zero-order valence-electron chi connectivity index (χ0n) is 10.4. The molecule has 1 rings (SSSR count). The minimum atomic E-state index is 0.137. The predicted octanol–water partition coefficient (Wildman–Crippen LogP) is 3.88. The van der Waals surface area contributed by atoms with E-state index in [0.29, 0.717) is 5.02 Å². The van der Waals surface area contributed by atoms with Crippen molar-refractivity contribution < 1.29 is 4.74 Å². The number of halogens is 1. The molecule has 2 nitrogen and oxygen atoms in total. The molecule has 0 spiro atoms. The largest absolute Gasteiger partial charge is 0.489 e. The number of hydrogen-bond acceptors (Lipinski definition) is 2. The third-order valence-corrected chi connectivity index (χ3v) is 2.50. The van der Waals surface area contributed by atoms with Crippen LogP contribution in [0, 0.1) is 0 Å². The highest BCUT2D eigenvalue weighted by atomic mass is 35.5. The first-order valence-electron chi connectivity index (χ1n) is 5.96. The topological polar surface area (TPSA) is 35.2 Å². The van der Waals surface area contributed by atoms with Crippen LogP contribution in [0.2, 0.25) is 5.02 Å². The maximum absolute atomic E-state index is 6.13. The molecule has 0 unspecified atom stereocenters. The molecule has 0 radical (unpaired) electrons. The molecule has 0 bridgehead atoms. The van der Waals surface area contributed by atoms with Gasteiger partial charge < -0.3 is 10.5 Å². The van der Waals surface area contributed by atoms with E-state index in [1.165, 1.54) is 0 Å². The summed E-state index contributed by atoms with van der Waals surface area (Å²) in [6.45, 7) is 4.69. The Kier molecular flexibility index (Phi) is 6.09. The number of benzene rings is 1. The summed E-state index contributed by atoms with van der Waals surface area (Å²) in [6, 6.07) is 5.83. The van der Waals surface area contributed by atoms with Gasteiger partial charge in [-0.25, -0.2) is 0 Å². The first-order valence-corrected chi connectivity index (χ1v) is 6.34. The molecule has 0 amide bonds. The highest BCUT2D eigenvalue weighted by Crippen LogP contribution is 2.26. The molecule has 0 fully saturated rings. The van der Waals surface area contributed by atoms with Crippen LogP contribution in [0.1, 0.15) is 32.3 Å². The molecule has 0 aromatic heterocycles. The average Bonchev–Trinajstić information content (AvgIpc) is 2.27. The molecule has 1 aromatic carbocycles. The van der Waals surface area contributed by atoms with Gasteiger partial charge in [-0.2, -0.15) is 0 Å². The predicted molar refractivity (Wildman–Crippen MR) is 74.5 cm³/mol. The molecule has 1 aromatic rings. The molecule has 0 saturated heterocycles. The Labute approximate surface area is 108 Å². The maximum atomic E-state index is 6.13. The fourth-order valence-corrected chi connectivity index (χ4v) is 1.66. The molecule has 94 valence electrons. The van der Waals surface area contributed by atoms with Crippen molar-refractivity contribution in [2.75, 3.05) is 6.54 Å². The second-order valence-electron chi connectivity index (χ2n) is 4.19. The molecule has 3 heteroatoms. The van der Waals surface area contributed by atoms with E-state index in [9.17, 15) is 0 Å². The number of hydrogen-bond donors (Lipinski definition) is 1. The Morgan fingerprint density at radius 3 is 2.76 bits per heavy atom. The third kappa shape index (κ3) is 5.24. The van der Waals surface area contributed by atoms with Crippen LogP contribution in [0.25, 0.3) is 6.08 Å². The second-order valence-corrected chi connectivity index (χ2v) is 4.60. The Morgan fingerprint density at radius 2 is 2.18 bits per heavy atom. The molecule has 0 aliphatic heterocycles. The number of ether oxygens (including phenoxy) is 1. The Morgan fingerprint density at radius 1 is 1.41 bits per heavy atom. The lowest BCUT2D eigenvalue weighted by Gasteiger charge is -2.11. The maximum Gasteiger partial charge on any atom is 0.138 e. The van der Waals surface area contributed by atoms with Crippen LogP contribution in [0.15, 0.2) is 24.3 Å². The van der Waals surface area contributed by atoms with E-state index in [2.05, 4.69) is 12.2 Å². The highest BCUT2D eigenvalue weighted by molar-refractivity contribution is 6.32. The Balaban J connectivity index is 2.65. The van der Waals surface area contributed by atoms with Crippen molar-refractivity contribution in [2.45, 2.75) is 32.8 Å². The van der Waals surface area contributed by atoms with E-state index in [1.54, 1.807) is 0 Å². The second kappa shape index (κ2) is 7.36. The van der Waals surface area contributed by atoms with Gasteiger partial charge in [-0.15, -0.1) is 0 Å². The van der Waals surface area contributed by atoms with Crippen molar-refractivity contribution in [2.24, 2.45) is 5.73 Å². The van der Waals surface area contributed by atoms with E-state index >= 15 is 0 Å². The van der Waals surface area contributed by atoms with Crippen LogP contribution in [0.3, 0.4) is 0 Å². The molecular formula is C14H20ClNO. The summed E-state index contributed by atoms with van der Waals surface area (Å²) in [4.78, 5) is 0.